The molecule has 0 aromatic carbocycles. The summed E-state index contributed by atoms with van der Waals surface area (Å²) < 4.78 is 0. The van der Waals surface area contributed by atoms with Crippen LogP contribution in [-0.4, -0.2) is 4.98 Å². The zero-order valence-corrected chi connectivity index (χ0v) is 6.87. The second-order valence-electron chi connectivity index (χ2n) is 2.46. The van der Waals surface area contributed by atoms with Crippen molar-refractivity contribution in [1.82, 2.24) is 4.98 Å². The minimum atomic E-state index is -0.0284. The highest BCUT2D eigenvalue weighted by Gasteiger charge is 1.96. The molecule has 0 fully saturated rings. The Bertz CT molecular complexity index is 441. The van der Waals surface area contributed by atoms with Crippen LogP contribution < -0.4 is 5.56 Å². The van der Waals surface area contributed by atoms with Crippen LogP contribution in [-0.2, 0) is 0 Å². The van der Waals surface area contributed by atoms with Gasteiger partial charge in [-0.3, -0.25) is 4.79 Å². The monoisotopic (exact) mass is 165 g/mol. The van der Waals surface area contributed by atoms with Gasteiger partial charge in [0.2, 0.25) is 5.56 Å². The smallest absolute Gasteiger partial charge is 0.249 e. The molecule has 2 rings (SSSR count). The zero-order chi connectivity index (χ0) is 7.84. The number of fused-ring (bicyclic) bond motifs is 1. The Kier molecular flexibility index (Phi) is 1.32. The highest BCUT2D eigenvalue weighted by atomic mass is 32.1. The summed E-state index contributed by atoms with van der Waals surface area (Å²) in [5, 5.41) is 1.12. The first-order valence-corrected chi connectivity index (χ1v) is 4.17. The number of rotatable bonds is 0. The molecule has 0 spiro atoms. The van der Waals surface area contributed by atoms with Crippen LogP contribution in [0.15, 0.2) is 23.0 Å². The summed E-state index contributed by atoms with van der Waals surface area (Å²) >= 11 is 1.61. The number of hydrogen-bond acceptors (Lipinski definition) is 2. The first-order chi connectivity index (χ1) is 5.25. The van der Waals surface area contributed by atoms with E-state index in [0.29, 0.717) is 0 Å². The first kappa shape index (κ1) is 6.61. The topological polar surface area (TPSA) is 32.9 Å². The third-order valence-electron chi connectivity index (χ3n) is 1.54. The summed E-state index contributed by atoms with van der Waals surface area (Å²) in [7, 11) is 0. The van der Waals surface area contributed by atoms with E-state index >= 15 is 0 Å². The van der Waals surface area contributed by atoms with Crippen LogP contribution in [0.25, 0.3) is 10.2 Å². The van der Waals surface area contributed by atoms with E-state index in [9.17, 15) is 4.79 Å². The highest BCUT2D eigenvalue weighted by molar-refractivity contribution is 7.18. The lowest BCUT2D eigenvalue weighted by atomic mass is 10.3. The van der Waals surface area contributed by atoms with Gasteiger partial charge in [-0.1, -0.05) is 0 Å². The number of nitrogens with one attached hydrogen (secondary N) is 1. The molecular formula is C8H7NOS. The molecule has 0 atom stereocenters. The average Bonchev–Trinajstić information content (AvgIpc) is 2.27. The number of aryl methyl sites for hydroxylation is 1. The molecule has 56 valence electrons. The molecule has 11 heavy (non-hydrogen) atoms. The molecule has 0 bridgehead atoms. The van der Waals surface area contributed by atoms with Crippen LogP contribution in [0.5, 0.6) is 0 Å². The lowest BCUT2D eigenvalue weighted by Gasteiger charge is -1.83. The van der Waals surface area contributed by atoms with E-state index in [-0.39, 0.29) is 5.56 Å². The van der Waals surface area contributed by atoms with E-state index in [0.717, 1.165) is 10.2 Å². The second kappa shape index (κ2) is 2.20. The van der Waals surface area contributed by atoms with Crippen molar-refractivity contribution < 1.29 is 0 Å². The maximum atomic E-state index is 10.8. The number of hydrogen-bond donors (Lipinski definition) is 1. The van der Waals surface area contributed by atoms with Crippen molar-refractivity contribution in [3.8, 4) is 0 Å². The van der Waals surface area contributed by atoms with Gasteiger partial charge < -0.3 is 4.98 Å². The van der Waals surface area contributed by atoms with Crippen molar-refractivity contribution in [3.05, 3.63) is 33.4 Å². The van der Waals surface area contributed by atoms with Crippen LogP contribution in [0, 0.1) is 6.92 Å². The molecule has 0 saturated heterocycles. The van der Waals surface area contributed by atoms with Gasteiger partial charge in [0.1, 0.15) is 4.83 Å². The van der Waals surface area contributed by atoms with Crippen molar-refractivity contribution >= 4 is 21.6 Å². The maximum absolute atomic E-state index is 10.8. The van der Waals surface area contributed by atoms with Gasteiger partial charge in [0.25, 0.3) is 0 Å². The summed E-state index contributed by atoms with van der Waals surface area (Å²) in [6, 6.07) is 5.46. The molecule has 2 heterocycles. The lowest BCUT2D eigenvalue weighted by molar-refractivity contribution is 1.33. The van der Waals surface area contributed by atoms with Gasteiger partial charge in [0.05, 0.1) is 0 Å². The summed E-state index contributed by atoms with van der Waals surface area (Å²) in [6.45, 7) is 2.03. The second-order valence-corrected chi connectivity index (χ2v) is 3.72. The maximum Gasteiger partial charge on any atom is 0.249 e. The van der Waals surface area contributed by atoms with Gasteiger partial charge in [-0.2, -0.15) is 0 Å². The SMILES string of the molecule is Cc1cc2ccc(=O)[nH]c2s1. The van der Waals surface area contributed by atoms with Gasteiger partial charge in [-0.05, 0) is 19.1 Å². The van der Waals surface area contributed by atoms with Gasteiger partial charge >= 0.3 is 0 Å². The van der Waals surface area contributed by atoms with Crippen LogP contribution >= 0.6 is 11.3 Å². The molecule has 0 amide bonds. The number of pyridine rings is 1. The van der Waals surface area contributed by atoms with Crippen molar-refractivity contribution in [2.45, 2.75) is 6.92 Å². The first-order valence-electron chi connectivity index (χ1n) is 3.35. The molecule has 0 aliphatic heterocycles. The molecule has 3 heteroatoms. The summed E-state index contributed by atoms with van der Waals surface area (Å²) in [6.07, 6.45) is 0. The summed E-state index contributed by atoms with van der Waals surface area (Å²) in [5.74, 6) is 0. The Labute approximate surface area is 67.5 Å². The number of aromatic nitrogens is 1. The largest absolute Gasteiger partial charge is 0.314 e. The van der Waals surface area contributed by atoms with Crippen LogP contribution in [0.1, 0.15) is 4.88 Å². The molecule has 0 unspecified atom stereocenters. The van der Waals surface area contributed by atoms with E-state index in [4.69, 9.17) is 0 Å². The van der Waals surface area contributed by atoms with Gasteiger partial charge in [-0.25, -0.2) is 0 Å². The van der Waals surface area contributed by atoms with Crippen molar-refractivity contribution in [1.29, 1.82) is 0 Å². The third kappa shape index (κ3) is 1.07. The highest BCUT2D eigenvalue weighted by Crippen LogP contribution is 2.20. The van der Waals surface area contributed by atoms with E-state index in [1.165, 1.54) is 4.88 Å². The third-order valence-corrected chi connectivity index (χ3v) is 2.52. The van der Waals surface area contributed by atoms with Crippen LogP contribution in [0.3, 0.4) is 0 Å². The van der Waals surface area contributed by atoms with E-state index in [1.54, 1.807) is 17.4 Å². The molecule has 2 aromatic heterocycles. The fraction of sp³-hybridized carbons (Fsp3) is 0.125. The predicted molar refractivity (Wildman–Crippen MR) is 47.2 cm³/mol. The van der Waals surface area contributed by atoms with E-state index in [1.807, 2.05) is 13.0 Å². The fourth-order valence-corrected chi connectivity index (χ4v) is 1.98. The lowest BCUT2D eigenvalue weighted by Crippen LogP contribution is -2.00. The Balaban J connectivity index is 2.92. The zero-order valence-electron chi connectivity index (χ0n) is 6.05. The predicted octanol–water partition coefficient (Wildman–Crippen LogP) is 1.90. The molecule has 0 saturated carbocycles. The standard InChI is InChI=1S/C8H7NOS/c1-5-4-6-2-3-7(10)9-8(6)11-5/h2-4H,1H3,(H,9,10). The summed E-state index contributed by atoms with van der Waals surface area (Å²) in [5.41, 5.74) is -0.0284. The normalized spacial score (nSPS) is 10.6. The molecule has 0 aliphatic rings. The molecule has 0 aliphatic carbocycles. The minimum Gasteiger partial charge on any atom is -0.314 e. The molecule has 0 radical (unpaired) electrons. The Hall–Kier alpha value is -1.09. The molecule has 2 nitrogen and oxygen atoms in total. The Morgan fingerprint density at radius 3 is 3.09 bits per heavy atom. The van der Waals surface area contributed by atoms with E-state index in [2.05, 4.69) is 11.1 Å². The molecule has 2 aromatic rings. The quantitative estimate of drug-likeness (QED) is 0.635. The van der Waals surface area contributed by atoms with Gasteiger partial charge in [0, 0.05) is 16.3 Å². The van der Waals surface area contributed by atoms with Crippen molar-refractivity contribution in [2.75, 3.05) is 0 Å². The number of aromatic amines is 1. The van der Waals surface area contributed by atoms with Crippen molar-refractivity contribution in [2.24, 2.45) is 0 Å². The molecule has 1 N–H and O–H groups in total. The Morgan fingerprint density at radius 1 is 1.45 bits per heavy atom. The number of thiophene rings is 1. The van der Waals surface area contributed by atoms with Crippen LogP contribution in [0.4, 0.5) is 0 Å². The Morgan fingerprint density at radius 2 is 2.27 bits per heavy atom. The fourth-order valence-electron chi connectivity index (χ4n) is 1.07. The van der Waals surface area contributed by atoms with Crippen LogP contribution in [0.2, 0.25) is 0 Å². The van der Waals surface area contributed by atoms with E-state index < -0.39 is 0 Å². The average molecular weight is 165 g/mol. The van der Waals surface area contributed by atoms with Gasteiger partial charge in [0.15, 0.2) is 0 Å². The minimum absolute atomic E-state index is 0.0284. The number of H-pyrrole nitrogens is 1. The summed E-state index contributed by atoms with van der Waals surface area (Å²) in [4.78, 5) is 15.8. The van der Waals surface area contributed by atoms with Gasteiger partial charge in [-0.15, -0.1) is 11.3 Å². The van der Waals surface area contributed by atoms with Crippen molar-refractivity contribution in [3.63, 3.8) is 0 Å². The molecular weight excluding hydrogens is 158 g/mol.